The molecule has 0 saturated heterocycles. The van der Waals surface area contributed by atoms with Gasteiger partial charge in [-0.2, -0.15) is 0 Å². The molecule has 1 N–H and O–H groups in total. The van der Waals surface area contributed by atoms with Gasteiger partial charge < -0.3 is 10.1 Å². The zero-order valence-corrected chi connectivity index (χ0v) is 10.7. The van der Waals surface area contributed by atoms with Gasteiger partial charge in [-0.15, -0.1) is 0 Å². The van der Waals surface area contributed by atoms with Crippen LogP contribution in [0.25, 0.3) is 10.4 Å². The van der Waals surface area contributed by atoms with Crippen molar-refractivity contribution in [1.82, 2.24) is 5.32 Å². The van der Waals surface area contributed by atoms with Crippen LogP contribution < -0.4 is 5.32 Å². The highest BCUT2D eigenvalue weighted by atomic mass is 19.1. The summed E-state index contributed by atoms with van der Waals surface area (Å²) in [4.78, 5) is 25.3. The number of esters is 1. The summed E-state index contributed by atoms with van der Waals surface area (Å²) in [6, 6.07) is 4.68. The summed E-state index contributed by atoms with van der Waals surface area (Å²) >= 11 is 0. The lowest BCUT2D eigenvalue weighted by Gasteiger charge is -2.17. The van der Waals surface area contributed by atoms with Crippen molar-refractivity contribution in [2.75, 3.05) is 13.7 Å². The number of carbonyl (C=O) groups is 2. The first-order valence-electron chi connectivity index (χ1n) is 5.69. The highest BCUT2D eigenvalue weighted by Crippen LogP contribution is 2.18. The van der Waals surface area contributed by atoms with Gasteiger partial charge in [-0.05, 0) is 23.2 Å². The normalized spacial score (nSPS) is 11.1. The van der Waals surface area contributed by atoms with Gasteiger partial charge in [0.15, 0.2) is 0 Å². The standard InChI is InChI=1S/C12H13FN4O3/c1-20-12(19)6-10(16-11(18)7-15-17-14)8-2-4-9(13)5-3-8/h2-5,10H,6-7H2,1H3,(H,16,18)/t10-/m0/s1. The Balaban J connectivity index is 2.84. The van der Waals surface area contributed by atoms with Gasteiger partial charge in [-0.3, -0.25) is 9.59 Å². The van der Waals surface area contributed by atoms with Crippen LogP contribution in [-0.4, -0.2) is 25.5 Å². The molecule has 0 spiro atoms. The zero-order chi connectivity index (χ0) is 15.0. The second-order valence-corrected chi connectivity index (χ2v) is 3.84. The molecule has 0 aliphatic heterocycles. The van der Waals surface area contributed by atoms with Crippen LogP contribution in [0.5, 0.6) is 0 Å². The molecule has 0 aliphatic rings. The van der Waals surface area contributed by atoms with Crippen LogP contribution in [-0.2, 0) is 14.3 Å². The van der Waals surface area contributed by atoms with Gasteiger partial charge in [0.1, 0.15) is 12.4 Å². The van der Waals surface area contributed by atoms with E-state index in [4.69, 9.17) is 5.53 Å². The van der Waals surface area contributed by atoms with Crippen molar-refractivity contribution in [3.05, 3.63) is 46.1 Å². The number of amides is 1. The van der Waals surface area contributed by atoms with E-state index >= 15 is 0 Å². The molecule has 1 rings (SSSR count). The third-order valence-electron chi connectivity index (χ3n) is 2.48. The van der Waals surface area contributed by atoms with Crippen molar-refractivity contribution in [3.63, 3.8) is 0 Å². The molecule has 0 saturated carbocycles. The maximum atomic E-state index is 12.9. The van der Waals surface area contributed by atoms with Gasteiger partial charge in [0.25, 0.3) is 0 Å². The number of methoxy groups -OCH3 is 1. The van der Waals surface area contributed by atoms with Gasteiger partial charge in [-0.1, -0.05) is 17.2 Å². The second-order valence-electron chi connectivity index (χ2n) is 3.84. The third-order valence-corrected chi connectivity index (χ3v) is 2.48. The molecule has 1 aromatic carbocycles. The molecule has 0 fully saturated rings. The van der Waals surface area contributed by atoms with Crippen molar-refractivity contribution >= 4 is 11.9 Å². The lowest BCUT2D eigenvalue weighted by atomic mass is 10.0. The number of nitrogens with zero attached hydrogens (tertiary/aromatic N) is 3. The summed E-state index contributed by atoms with van der Waals surface area (Å²) in [6.07, 6.45) is -0.107. The van der Waals surface area contributed by atoms with Crippen molar-refractivity contribution in [2.24, 2.45) is 5.11 Å². The lowest BCUT2D eigenvalue weighted by molar-refractivity contribution is -0.141. The number of hydrogen-bond acceptors (Lipinski definition) is 4. The predicted octanol–water partition coefficient (Wildman–Crippen LogP) is 1.86. The molecule has 0 aliphatic carbocycles. The maximum Gasteiger partial charge on any atom is 0.307 e. The fraction of sp³-hybridized carbons (Fsp3) is 0.333. The fourth-order valence-electron chi connectivity index (χ4n) is 1.53. The summed E-state index contributed by atoms with van der Waals surface area (Å²) in [6.45, 7) is -0.380. The highest BCUT2D eigenvalue weighted by Gasteiger charge is 2.18. The lowest BCUT2D eigenvalue weighted by Crippen LogP contribution is -2.31. The molecular weight excluding hydrogens is 267 g/mol. The minimum atomic E-state index is -0.676. The molecular formula is C12H13FN4O3. The van der Waals surface area contributed by atoms with E-state index in [0.29, 0.717) is 5.56 Å². The monoisotopic (exact) mass is 280 g/mol. The number of hydrogen-bond donors (Lipinski definition) is 1. The molecule has 0 aromatic heterocycles. The van der Waals surface area contributed by atoms with E-state index in [9.17, 15) is 14.0 Å². The van der Waals surface area contributed by atoms with Crippen LogP contribution in [0, 0.1) is 5.82 Å². The number of rotatable bonds is 6. The number of ether oxygens (including phenoxy) is 1. The Bertz CT molecular complexity index is 526. The van der Waals surface area contributed by atoms with Crippen molar-refractivity contribution in [2.45, 2.75) is 12.5 Å². The number of benzene rings is 1. The second kappa shape index (κ2) is 7.75. The van der Waals surface area contributed by atoms with Crippen LogP contribution in [0.1, 0.15) is 18.0 Å². The number of nitrogens with one attached hydrogen (secondary N) is 1. The highest BCUT2D eigenvalue weighted by molar-refractivity contribution is 5.79. The van der Waals surface area contributed by atoms with Crippen LogP contribution in [0.15, 0.2) is 29.4 Å². The van der Waals surface area contributed by atoms with Gasteiger partial charge in [0.2, 0.25) is 5.91 Å². The van der Waals surface area contributed by atoms with Gasteiger partial charge in [0.05, 0.1) is 19.6 Å². The quantitative estimate of drug-likeness (QED) is 0.372. The van der Waals surface area contributed by atoms with E-state index < -0.39 is 23.7 Å². The van der Waals surface area contributed by atoms with Crippen molar-refractivity contribution < 1.29 is 18.7 Å². The first-order chi connectivity index (χ1) is 9.56. The Kier molecular flexibility index (Phi) is 5.99. The smallest absolute Gasteiger partial charge is 0.307 e. The minimum Gasteiger partial charge on any atom is -0.469 e. The largest absolute Gasteiger partial charge is 0.469 e. The molecule has 7 nitrogen and oxygen atoms in total. The topological polar surface area (TPSA) is 104 Å². The van der Waals surface area contributed by atoms with E-state index in [1.165, 1.54) is 31.4 Å². The molecule has 1 aromatic rings. The average molecular weight is 280 g/mol. The molecule has 20 heavy (non-hydrogen) atoms. The number of azide groups is 1. The Morgan fingerprint density at radius 1 is 1.45 bits per heavy atom. The molecule has 0 bridgehead atoms. The van der Waals surface area contributed by atoms with E-state index in [0.717, 1.165) is 0 Å². The van der Waals surface area contributed by atoms with Crippen LogP contribution in [0.2, 0.25) is 0 Å². The fourth-order valence-corrected chi connectivity index (χ4v) is 1.53. The molecule has 106 valence electrons. The number of carbonyl (C=O) groups excluding carboxylic acids is 2. The minimum absolute atomic E-state index is 0.107. The Labute approximate surface area is 114 Å². The molecule has 0 unspecified atom stereocenters. The first-order valence-corrected chi connectivity index (χ1v) is 5.69. The van der Waals surface area contributed by atoms with Gasteiger partial charge in [-0.25, -0.2) is 4.39 Å². The first kappa shape index (κ1) is 15.5. The summed E-state index contributed by atoms with van der Waals surface area (Å²) in [7, 11) is 1.23. The van der Waals surface area contributed by atoms with Crippen LogP contribution >= 0.6 is 0 Å². The molecule has 1 amide bonds. The number of halogens is 1. The summed E-state index contributed by atoms with van der Waals surface area (Å²) in [5, 5.41) is 5.65. The van der Waals surface area contributed by atoms with E-state index in [1.54, 1.807) is 0 Å². The molecule has 0 radical (unpaired) electrons. The van der Waals surface area contributed by atoms with E-state index in [2.05, 4.69) is 20.1 Å². The zero-order valence-electron chi connectivity index (χ0n) is 10.7. The third kappa shape index (κ3) is 4.95. The van der Waals surface area contributed by atoms with Crippen molar-refractivity contribution in [1.29, 1.82) is 0 Å². The average Bonchev–Trinajstić information content (AvgIpc) is 2.45. The molecule has 8 heteroatoms. The summed E-state index contributed by atoms with van der Waals surface area (Å²) < 4.78 is 17.4. The van der Waals surface area contributed by atoms with E-state index in [1.807, 2.05) is 0 Å². The Morgan fingerprint density at radius 2 is 2.10 bits per heavy atom. The van der Waals surface area contributed by atoms with E-state index in [-0.39, 0.29) is 13.0 Å². The predicted molar refractivity (Wildman–Crippen MR) is 67.9 cm³/mol. The molecule has 1 atom stereocenters. The summed E-state index contributed by atoms with van der Waals surface area (Å²) in [5.74, 6) is -1.49. The Morgan fingerprint density at radius 3 is 2.65 bits per heavy atom. The SMILES string of the molecule is COC(=O)C[C@H](NC(=O)CN=[N+]=[N-])c1ccc(F)cc1. The molecule has 0 heterocycles. The van der Waals surface area contributed by atoms with Crippen LogP contribution in [0.3, 0.4) is 0 Å². The van der Waals surface area contributed by atoms with Gasteiger partial charge >= 0.3 is 5.97 Å². The Hall–Kier alpha value is -2.60. The van der Waals surface area contributed by atoms with Gasteiger partial charge in [0, 0.05) is 4.91 Å². The summed E-state index contributed by atoms with van der Waals surface area (Å²) in [5.41, 5.74) is 8.69. The maximum absolute atomic E-state index is 12.9. The van der Waals surface area contributed by atoms with Crippen molar-refractivity contribution in [3.8, 4) is 0 Å². The van der Waals surface area contributed by atoms with Crippen LogP contribution in [0.4, 0.5) is 4.39 Å².